The van der Waals surface area contributed by atoms with Gasteiger partial charge in [-0.3, -0.25) is 0 Å². The van der Waals surface area contributed by atoms with Gasteiger partial charge in [0.1, 0.15) is 5.65 Å². The maximum absolute atomic E-state index is 5.74. The lowest BCUT2D eigenvalue weighted by molar-refractivity contribution is 0.465. The van der Waals surface area contributed by atoms with E-state index in [9.17, 15) is 0 Å². The number of hydrogen-bond donors (Lipinski definition) is 0. The van der Waals surface area contributed by atoms with Gasteiger partial charge in [0.2, 0.25) is 5.89 Å². The van der Waals surface area contributed by atoms with Crippen LogP contribution in [0.1, 0.15) is 11.3 Å². The highest BCUT2D eigenvalue weighted by Gasteiger charge is 2.12. The number of hydrogen-bond acceptors (Lipinski definition) is 5. The number of imidazole rings is 1. The van der Waals surface area contributed by atoms with Crippen LogP contribution in [-0.2, 0) is 5.75 Å². The SMILES string of the molecule is Cc1ccc2nc(CSc3nnc(-c4ccccc4Br)o3)cn2c1. The van der Waals surface area contributed by atoms with Crippen molar-refractivity contribution in [1.82, 2.24) is 19.6 Å². The first-order valence-electron chi connectivity index (χ1n) is 7.34. The third kappa shape index (κ3) is 3.09. The number of aryl methyl sites for hydroxylation is 1. The number of benzene rings is 1. The van der Waals surface area contributed by atoms with E-state index in [1.165, 1.54) is 17.3 Å². The predicted molar refractivity (Wildman–Crippen MR) is 96.9 cm³/mol. The minimum Gasteiger partial charge on any atom is -0.411 e. The van der Waals surface area contributed by atoms with Crippen molar-refractivity contribution in [2.75, 3.05) is 0 Å². The second-order valence-corrected chi connectivity index (χ2v) is 7.13. The van der Waals surface area contributed by atoms with Gasteiger partial charge in [-0.2, -0.15) is 0 Å². The smallest absolute Gasteiger partial charge is 0.277 e. The summed E-state index contributed by atoms with van der Waals surface area (Å²) in [5.41, 5.74) is 4.01. The van der Waals surface area contributed by atoms with Gasteiger partial charge in [0.05, 0.1) is 11.3 Å². The fraction of sp³-hybridized carbons (Fsp3) is 0.118. The summed E-state index contributed by atoms with van der Waals surface area (Å²) in [6, 6.07) is 11.9. The van der Waals surface area contributed by atoms with Crippen LogP contribution in [0.5, 0.6) is 0 Å². The Hall–Kier alpha value is -2.12. The molecule has 0 unspecified atom stereocenters. The van der Waals surface area contributed by atoms with Gasteiger partial charge in [-0.1, -0.05) is 30.0 Å². The highest BCUT2D eigenvalue weighted by molar-refractivity contribution is 9.10. The number of thioether (sulfide) groups is 1. The van der Waals surface area contributed by atoms with Crippen molar-refractivity contribution >= 4 is 33.3 Å². The molecule has 0 amide bonds. The van der Waals surface area contributed by atoms with E-state index in [1.807, 2.05) is 40.9 Å². The van der Waals surface area contributed by atoms with Crippen molar-refractivity contribution in [3.63, 3.8) is 0 Å². The van der Waals surface area contributed by atoms with Gasteiger partial charge in [0, 0.05) is 22.6 Å². The normalized spacial score (nSPS) is 11.2. The van der Waals surface area contributed by atoms with Gasteiger partial charge in [0.25, 0.3) is 5.22 Å². The second kappa shape index (κ2) is 6.41. The molecule has 4 aromatic rings. The summed E-state index contributed by atoms with van der Waals surface area (Å²) in [5, 5.41) is 8.76. The molecule has 0 aliphatic heterocycles. The largest absolute Gasteiger partial charge is 0.411 e. The summed E-state index contributed by atoms with van der Waals surface area (Å²) in [4.78, 5) is 4.59. The van der Waals surface area contributed by atoms with E-state index >= 15 is 0 Å². The summed E-state index contributed by atoms with van der Waals surface area (Å²) < 4.78 is 8.71. The number of halogens is 1. The summed E-state index contributed by atoms with van der Waals surface area (Å²) >= 11 is 4.98. The number of rotatable bonds is 4. The molecule has 0 spiro atoms. The van der Waals surface area contributed by atoms with E-state index in [2.05, 4.69) is 50.3 Å². The van der Waals surface area contributed by atoms with Crippen LogP contribution in [0.15, 0.2) is 62.9 Å². The Morgan fingerprint density at radius 2 is 2.00 bits per heavy atom. The number of fused-ring (bicyclic) bond motifs is 1. The molecule has 0 bridgehead atoms. The molecular formula is C17H13BrN4OS. The maximum atomic E-state index is 5.74. The molecule has 3 aromatic heterocycles. The Balaban J connectivity index is 1.50. The Morgan fingerprint density at radius 1 is 1.12 bits per heavy atom. The third-order valence-electron chi connectivity index (χ3n) is 3.50. The molecule has 0 aliphatic rings. The van der Waals surface area contributed by atoms with Crippen LogP contribution in [0.4, 0.5) is 0 Å². The van der Waals surface area contributed by atoms with Gasteiger partial charge in [0.15, 0.2) is 0 Å². The fourth-order valence-electron chi connectivity index (χ4n) is 2.37. The topological polar surface area (TPSA) is 56.2 Å². The third-order valence-corrected chi connectivity index (χ3v) is 5.05. The Kier molecular flexibility index (Phi) is 4.12. The molecule has 24 heavy (non-hydrogen) atoms. The fourth-order valence-corrected chi connectivity index (χ4v) is 3.47. The minimum absolute atomic E-state index is 0.510. The van der Waals surface area contributed by atoms with Crippen molar-refractivity contribution in [3.05, 3.63) is 64.5 Å². The van der Waals surface area contributed by atoms with Crippen LogP contribution >= 0.6 is 27.7 Å². The molecule has 7 heteroatoms. The molecule has 0 saturated carbocycles. The maximum Gasteiger partial charge on any atom is 0.277 e. The molecular weight excluding hydrogens is 388 g/mol. The summed E-state index contributed by atoms with van der Waals surface area (Å²) in [6.07, 6.45) is 4.09. The lowest BCUT2D eigenvalue weighted by Crippen LogP contribution is -1.82. The van der Waals surface area contributed by atoms with E-state index in [-0.39, 0.29) is 0 Å². The van der Waals surface area contributed by atoms with E-state index in [0.29, 0.717) is 16.9 Å². The Labute approximate surface area is 151 Å². The van der Waals surface area contributed by atoms with Crippen LogP contribution in [-0.4, -0.2) is 19.6 Å². The lowest BCUT2D eigenvalue weighted by Gasteiger charge is -1.97. The molecule has 3 heterocycles. The summed E-state index contributed by atoms with van der Waals surface area (Å²) in [7, 11) is 0. The van der Waals surface area contributed by atoms with Crippen LogP contribution < -0.4 is 0 Å². The second-order valence-electron chi connectivity index (χ2n) is 5.35. The molecule has 0 atom stereocenters. The summed E-state index contributed by atoms with van der Waals surface area (Å²) in [6.45, 7) is 2.07. The first kappa shape index (κ1) is 15.4. The van der Waals surface area contributed by atoms with Gasteiger partial charge in [-0.25, -0.2) is 4.98 Å². The molecule has 0 saturated heterocycles. The zero-order valence-electron chi connectivity index (χ0n) is 12.8. The number of aromatic nitrogens is 4. The average molecular weight is 401 g/mol. The van der Waals surface area contributed by atoms with Crippen molar-refractivity contribution in [2.24, 2.45) is 0 Å². The van der Waals surface area contributed by atoms with Crippen molar-refractivity contribution in [2.45, 2.75) is 17.9 Å². The zero-order chi connectivity index (χ0) is 16.5. The van der Waals surface area contributed by atoms with Crippen LogP contribution in [0, 0.1) is 6.92 Å². The number of pyridine rings is 1. The monoisotopic (exact) mass is 400 g/mol. The molecule has 120 valence electrons. The van der Waals surface area contributed by atoms with E-state index in [0.717, 1.165) is 21.4 Å². The van der Waals surface area contributed by atoms with Crippen LogP contribution in [0.3, 0.4) is 0 Å². The van der Waals surface area contributed by atoms with Gasteiger partial charge >= 0.3 is 0 Å². The quantitative estimate of drug-likeness (QED) is 0.462. The van der Waals surface area contributed by atoms with E-state index < -0.39 is 0 Å². The molecule has 5 nitrogen and oxygen atoms in total. The first-order valence-corrected chi connectivity index (χ1v) is 9.12. The van der Waals surface area contributed by atoms with Gasteiger partial charge in [-0.05, 0) is 46.6 Å². The highest BCUT2D eigenvalue weighted by atomic mass is 79.9. The molecule has 1 aromatic carbocycles. The molecule has 0 N–H and O–H groups in total. The van der Waals surface area contributed by atoms with Crippen LogP contribution in [0.25, 0.3) is 17.1 Å². The Morgan fingerprint density at radius 3 is 2.88 bits per heavy atom. The minimum atomic E-state index is 0.510. The lowest BCUT2D eigenvalue weighted by atomic mass is 10.2. The van der Waals surface area contributed by atoms with Crippen molar-refractivity contribution in [3.8, 4) is 11.5 Å². The van der Waals surface area contributed by atoms with E-state index in [4.69, 9.17) is 4.42 Å². The average Bonchev–Trinajstić information content (AvgIpc) is 3.19. The van der Waals surface area contributed by atoms with Crippen LogP contribution in [0.2, 0.25) is 0 Å². The summed E-state index contributed by atoms with van der Waals surface area (Å²) in [5.74, 6) is 1.19. The van der Waals surface area contributed by atoms with Crippen molar-refractivity contribution in [1.29, 1.82) is 0 Å². The van der Waals surface area contributed by atoms with Crippen molar-refractivity contribution < 1.29 is 4.42 Å². The Bertz CT molecular complexity index is 1010. The number of nitrogens with zero attached hydrogens (tertiary/aromatic N) is 4. The molecule has 0 aliphatic carbocycles. The first-order chi connectivity index (χ1) is 11.7. The molecule has 0 radical (unpaired) electrons. The highest BCUT2D eigenvalue weighted by Crippen LogP contribution is 2.29. The molecule has 4 rings (SSSR count). The van der Waals surface area contributed by atoms with Gasteiger partial charge < -0.3 is 8.82 Å². The molecule has 0 fully saturated rings. The standard InChI is InChI=1S/C17H13BrN4OS/c1-11-6-7-15-19-12(9-22(15)8-11)10-24-17-21-20-16(23-17)13-4-2-3-5-14(13)18/h2-9H,10H2,1H3. The van der Waals surface area contributed by atoms with Gasteiger partial charge in [-0.15, -0.1) is 10.2 Å². The predicted octanol–water partition coefficient (Wildman–Crippen LogP) is 4.75. The van der Waals surface area contributed by atoms with E-state index in [1.54, 1.807) is 0 Å². The zero-order valence-corrected chi connectivity index (χ0v) is 15.2.